The average molecular weight is 385 g/mol. The number of nitrogens with one attached hydrogen (secondary N) is 1. The quantitative estimate of drug-likeness (QED) is 0.532. The predicted octanol–water partition coefficient (Wildman–Crippen LogP) is 0.846. The Morgan fingerprint density at radius 3 is 2.52 bits per heavy atom. The number of thiazole rings is 1. The molecule has 9 nitrogen and oxygen atoms in total. The molecule has 0 atom stereocenters. The summed E-state index contributed by atoms with van der Waals surface area (Å²) in [6.07, 6.45) is 0. The highest BCUT2D eigenvalue weighted by atomic mass is 32.2. The van der Waals surface area contributed by atoms with E-state index < -0.39 is 21.9 Å². The lowest BCUT2D eigenvalue weighted by Crippen LogP contribution is -2.15. The minimum Gasteiger partial charge on any atom is -0.458 e. The summed E-state index contributed by atoms with van der Waals surface area (Å²) in [5.74, 6) is -1.12. The van der Waals surface area contributed by atoms with Crippen LogP contribution in [0.2, 0.25) is 0 Å². The number of nitrogens with two attached hydrogens (primary N) is 1. The Hall–Kier alpha value is -2.34. The number of benzene rings is 1. The maximum Gasteiger partial charge on any atom is 0.357 e. The number of hydrogen-bond donors (Lipinski definition) is 2. The maximum absolute atomic E-state index is 12.1. The van der Waals surface area contributed by atoms with Gasteiger partial charge in [0.1, 0.15) is 6.61 Å². The van der Waals surface area contributed by atoms with Crippen LogP contribution in [0.1, 0.15) is 20.8 Å². The molecule has 0 radical (unpaired) electrons. The van der Waals surface area contributed by atoms with Gasteiger partial charge in [-0.1, -0.05) is 0 Å². The molecule has 1 heterocycles. The van der Waals surface area contributed by atoms with E-state index in [4.69, 9.17) is 14.6 Å². The zero-order valence-corrected chi connectivity index (χ0v) is 14.7. The number of carbonyl (C=O) groups is 2. The molecule has 0 unspecified atom stereocenters. The lowest BCUT2D eigenvalue weighted by molar-refractivity contribution is 0.0382. The van der Waals surface area contributed by atoms with Gasteiger partial charge in [-0.2, -0.15) is 0 Å². The van der Waals surface area contributed by atoms with Crippen molar-refractivity contribution < 1.29 is 27.5 Å². The number of anilines is 1. The van der Waals surface area contributed by atoms with E-state index in [1.54, 1.807) is 0 Å². The molecule has 1 amide bonds. The van der Waals surface area contributed by atoms with Crippen molar-refractivity contribution in [3.05, 3.63) is 40.9 Å². The largest absolute Gasteiger partial charge is 0.458 e. The summed E-state index contributed by atoms with van der Waals surface area (Å²) < 4.78 is 32.0. The fourth-order valence-corrected chi connectivity index (χ4v) is 2.87. The molecule has 0 aliphatic carbocycles. The monoisotopic (exact) mass is 385 g/mol. The summed E-state index contributed by atoms with van der Waals surface area (Å²) in [6.45, 7) is 0.374. The van der Waals surface area contributed by atoms with Gasteiger partial charge in [0, 0.05) is 18.1 Å². The Labute approximate surface area is 147 Å². The highest BCUT2D eigenvalue weighted by Gasteiger charge is 2.15. The van der Waals surface area contributed by atoms with Crippen LogP contribution in [0.5, 0.6) is 0 Å². The number of primary sulfonamides is 1. The number of sulfonamides is 1. The van der Waals surface area contributed by atoms with Crippen molar-refractivity contribution >= 4 is 38.4 Å². The molecule has 2 rings (SSSR count). The molecule has 1 aromatic heterocycles. The summed E-state index contributed by atoms with van der Waals surface area (Å²) in [6, 6.07) is 5.10. The van der Waals surface area contributed by atoms with E-state index in [0.717, 1.165) is 11.3 Å². The van der Waals surface area contributed by atoms with Crippen LogP contribution in [-0.2, 0) is 19.5 Å². The fraction of sp³-hybridized carbons (Fsp3) is 0.214. The van der Waals surface area contributed by atoms with Crippen molar-refractivity contribution in [2.75, 3.05) is 25.6 Å². The summed E-state index contributed by atoms with van der Waals surface area (Å²) in [5.41, 5.74) is 0.285. The topological polar surface area (TPSA) is 138 Å². The van der Waals surface area contributed by atoms with Crippen LogP contribution in [0.3, 0.4) is 0 Å². The number of methoxy groups -OCH3 is 1. The zero-order valence-electron chi connectivity index (χ0n) is 13.1. The number of nitrogens with zero attached hydrogens (tertiary/aromatic N) is 1. The van der Waals surface area contributed by atoms with E-state index in [1.807, 2.05) is 0 Å². The Morgan fingerprint density at radius 2 is 1.92 bits per heavy atom. The molecule has 1 aromatic carbocycles. The van der Waals surface area contributed by atoms with Crippen LogP contribution in [0.15, 0.2) is 34.5 Å². The van der Waals surface area contributed by atoms with Crippen molar-refractivity contribution in [2.45, 2.75) is 4.90 Å². The number of esters is 1. The number of amides is 1. The first-order valence-electron chi connectivity index (χ1n) is 6.87. The summed E-state index contributed by atoms with van der Waals surface area (Å²) in [4.78, 5) is 27.7. The van der Waals surface area contributed by atoms with Gasteiger partial charge in [0.25, 0.3) is 5.91 Å². The van der Waals surface area contributed by atoms with Gasteiger partial charge in [-0.3, -0.25) is 10.1 Å². The number of rotatable bonds is 7. The van der Waals surface area contributed by atoms with E-state index in [1.165, 1.54) is 36.8 Å². The summed E-state index contributed by atoms with van der Waals surface area (Å²) in [7, 11) is -2.34. The SMILES string of the molecule is COCCOC(=O)c1csc(NC(=O)c2ccc(S(N)(=O)=O)cc2)n1. The highest BCUT2D eigenvalue weighted by molar-refractivity contribution is 7.89. The second kappa shape index (κ2) is 8.16. The lowest BCUT2D eigenvalue weighted by Gasteiger charge is -2.03. The minimum absolute atomic E-state index is 0.0703. The van der Waals surface area contributed by atoms with Gasteiger partial charge in [0.05, 0.1) is 11.5 Å². The molecular formula is C14H15N3O6S2. The molecule has 2 aromatic rings. The third-order valence-corrected chi connectivity index (χ3v) is 4.59. The van der Waals surface area contributed by atoms with Crippen molar-refractivity contribution in [1.82, 2.24) is 4.98 Å². The summed E-state index contributed by atoms with van der Waals surface area (Å²) in [5, 5.41) is 9.17. The van der Waals surface area contributed by atoms with Crippen molar-refractivity contribution in [3.8, 4) is 0 Å². The Kier molecular flexibility index (Phi) is 6.20. The lowest BCUT2D eigenvalue weighted by atomic mass is 10.2. The summed E-state index contributed by atoms with van der Waals surface area (Å²) >= 11 is 1.06. The highest BCUT2D eigenvalue weighted by Crippen LogP contribution is 2.18. The first-order valence-corrected chi connectivity index (χ1v) is 9.29. The van der Waals surface area contributed by atoms with Gasteiger partial charge in [-0.05, 0) is 24.3 Å². The molecule has 0 fully saturated rings. The third-order valence-electron chi connectivity index (χ3n) is 2.90. The molecule has 3 N–H and O–H groups in total. The fourth-order valence-electron chi connectivity index (χ4n) is 1.68. The number of hydrogen-bond acceptors (Lipinski definition) is 8. The molecular weight excluding hydrogens is 370 g/mol. The standard InChI is InChI=1S/C14H15N3O6S2/c1-22-6-7-23-13(19)11-8-24-14(16-11)17-12(18)9-2-4-10(5-3-9)25(15,20)21/h2-5,8H,6-7H2,1H3,(H2,15,20,21)(H,16,17,18). The third kappa shape index (κ3) is 5.32. The van der Waals surface area contributed by atoms with E-state index in [9.17, 15) is 18.0 Å². The van der Waals surface area contributed by atoms with Crippen LogP contribution in [0.4, 0.5) is 5.13 Å². The van der Waals surface area contributed by atoms with E-state index >= 15 is 0 Å². The Morgan fingerprint density at radius 1 is 1.24 bits per heavy atom. The maximum atomic E-state index is 12.1. The van der Waals surface area contributed by atoms with Crippen LogP contribution >= 0.6 is 11.3 Å². The van der Waals surface area contributed by atoms with E-state index in [-0.39, 0.29) is 34.5 Å². The molecule has 11 heteroatoms. The van der Waals surface area contributed by atoms with Crippen molar-refractivity contribution in [3.63, 3.8) is 0 Å². The second-order valence-corrected chi connectivity index (χ2v) is 7.11. The molecule has 0 aliphatic rings. The van der Waals surface area contributed by atoms with Gasteiger partial charge in [0.2, 0.25) is 10.0 Å². The molecule has 25 heavy (non-hydrogen) atoms. The Balaban J connectivity index is 2.00. The van der Waals surface area contributed by atoms with Crippen molar-refractivity contribution in [1.29, 1.82) is 0 Å². The first kappa shape index (κ1) is 19.0. The van der Waals surface area contributed by atoms with E-state index in [0.29, 0.717) is 0 Å². The van der Waals surface area contributed by atoms with Gasteiger partial charge in [-0.25, -0.2) is 23.3 Å². The first-order chi connectivity index (χ1) is 11.8. The van der Waals surface area contributed by atoms with Gasteiger partial charge >= 0.3 is 5.97 Å². The van der Waals surface area contributed by atoms with E-state index in [2.05, 4.69) is 10.3 Å². The molecule has 0 saturated carbocycles. The predicted molar refractivity (Wildman–Crippen MR) is 90.0 cm³/mol. The smallest absolute Gasteiger partial charge is 0.357 e. The van der Waals surface area contributed by atoms with Gasteiger partial charge < -0.3 is 9.47 Å². The molecule has 0 bridgehead atoms. The normalized spacial score (nSPS) is 11.1. The van der Waals surface area contributed by atoms with Crippen LogP contribution in [0, 0.1) is 0 Å². The average Bonchev–Trinajstić information content (AvgIpc) is 3.03. The van der Waals surface area contributed by atoms with Crippen molar-refractivity contribution in [2.24, 2.45) is 5.14 Å². The van der Waals surface area contributed by atoms with Gasteiger partial charge in [-0.15, -0.1) is 11.3 Å². The zero-order chi connectivity index (χ0) is 18.4. The molecule has 0 spiro atoms. The molecule has 134 valence electrons. The number of carbonyl (C=O) groups excluding carboxylic acids is 2. The van der Waals surface area contributed by atoms with Crippen LogP contribution in [-0.4, -0.2) is 45.6 Å². The van der Waals surface area contributed by atoms with Crippen LogP contribution < -0.4 is 10.5 Å². The van der Waals surface area contributed by atoms with Crippen LogP contribution in [0.25, 0.3) is 0 Å². The van der Waals surface area contributed by atoms with Gasteiger partial charge in [0.15, 0.2) is 10.8 Å². The molecule has 0 aliphatic heterocycles. The molecule has 0 saturated heterocycles. The number of aromatic nitrogens is 1. The number of ether oxygens (including phenoxy) is 2. The minimum atomic E-state index is -3.82. The second-order valence-electron chi connectivity index (χ2n) is 4.69. The Bertz CT molecular complexity index is 861.